The molecule has 1 saturated heterocycles. The number of piperazine rings is 1. The monoisotopic (exact) mass is 264 g/mol. The molecular formula is C13H16N2O4. The zero-order valence-corrected chi connectivity index (χ0v) is 10.4. The number of hydrogen-bond acceptors (Lipinski definition) is 4. The third-order valence-corrected chi connectivity index (χ3v) is 2.82. The van der Waals surface area contributed by atoms with Crippen LogP contribution in [-0.2, 0) is 16.1 Å². The fourth-order valence-electron chi connectivity index (χ4n) is 1.88. The molecule has 6 heteroatoms. The highest BCUT2D eigenvalue weighted by molar-refractivity contribution is 5.83. The van der Waals surface area contributed by atoms with Gasteiger partial charge in [-0.25, -0.2) is 4.79 Å². The van der Waals surface area contributed by atoms with Gasteiger partial charge in [0.15, 0.2) is 0 Å². The normalized spacial score (nSPS) is 18.9. The summed E-state index contributed by atoms with van der Waals surface area (Å²) >= 11 is 0. The molecule has 0 aliphatic carbocycles. The molecule has 0 spiro atoms. The topological polar surface area (TPSA) is 78.9 Å². The Morgan fingerprint density at radius 1 is 1.42 bits per heavy atom. The van der Waals surface area contributed by atoms with Crippen LogP contribution in [0.2, 0.25) is 0 Å². The Hall–Kier alpha value is -2.08. The van der Waals surface area contributed by atoms with Gasteiger partial charge in [-0.1, -0.05) is 30.3 Å². The standard InChI is InChI=1S/C13H16N2O4/c16-8-11-6-15(7-12(17)14-11)13(18)19-9-10-4-2-1-3-5-10/h1-5,11,16H,6-9H2,(H,14,17)/t11-/m0/s1. The van der Waals surface area contributed by atoms with E-state index in [1.54, 1.807) is 0 Å². The second-order valence-corrected chi connectivity index (χ2v) is 4.37. The molecule has 0 unspecified atom stereocenters. The van der Waals surface area contributed by atoms with E-state index in [1.807, 2.05) is 30.3 Å². The second kappa shape index (κ2) is 6.19. The average Bonchev–Trinajstić information content (AvgIpc) is 2.45. The van der Waals surface area contributed by atoms with Gasteiger partial charge in [0.05, 0.1) is 12.6 Å². The van der Waals surface area contributed by atoms with Gasteiger partial charge in [-0.3, -0.25) is 9.69 Å². The Kier molecular flexibility index (Phi) is 4.35. The highest BCUT2D eigenvalue weighted by Crippen LogP contribution is 2.06. The molecule has 1 heterocycles. The van der Waals surface area contributed by atoms with E-state index in [0.29, 0.717) is 0 Å². The van der Waals surface area contributed by atoms with Crippen molar-refractivity contribution < 1.29 is 19.4 Å². The van der Waals surface area contributed by atoms with Crippen molar-refractivity contribution in [1.29, 1.82) is 0 Å². The molecule has 1 aromatic carbocycles. The predicted molar refractivity (Wildman–Crippen MR) is 67.2 cm³/mol. The van der Waals surface area contributed by atoms with Gasteiger partial charge in [0.1, 0.15) is 13.2 Å². The number of nitrogens with one attached hydrogen (secondary N) is 1. The molecule has 1 aliphatic heterocycles. The maximum absolute atomic E-state index is 11.8. The molecule has 1 aliphatic rings. The molecule has 1 fully saturated rings. The minimum absolute atomic E-state index is 0.0376. The highest BCUT2D eigenvalue weighted by Gasteiger charge is 2.28. The van der Waals surface area contributed by atoms with Crippen LogP contribution in [0.5, 0.6) is 0 Å². The summed E-state index contributed by atoms with van der Waals surface area (Å²) in [5, 5.41) is 11.6. The quantitative estimate of drug-likeness (QED) is 0.812. The number of aliphatic hydroxyl groups excluding tert-OH is 1. The van der Waals surface area contributed by atoms with Gasteiger partial charge in [-0.2, -0.15) is 0 Å². The molecule has 19 heavy (non-hydrogen) atoms. The molecule has 0 saturated carbocycles. The van der Waals surface area contributed by atoms with Crippen molar-refractivity contribution >= 4 is 12.0 Å². The average molecular weight is 264 g/mol. The van der Waals surface area contributed by atoms with Gasteiger partial charge in [-0.15, -0.1) is 0 Å². The first-order chi connectivity index (χ1) is 9.19. The Bertz CT molecular complexity index is 449. The number of hydrogen-bond donors (Lipinski definition) is 2. The van der Waals surface area contributed by atoms with Crippen molar-refractivity contribution in [2.45, 2.75) is 12.6 Å². The van der Waals surface area contributed by atoms with E-state index in [0.717, 1.165) is 5.56 Å². The fourth-order valence-corrected chi connectivity index (χ4v) is 1.88. The van der Waals surface area contributed by atoms with Crippen LogP contribution < -0.4 is 5.32 Å². The summed E-state index contributed by atoms with van der Waals surface area (Å²) in [6.07, 6.45) is -0.544. The summed E-state index contributed by atoms with van der Waals surface area (Å²) in [5.74, 6) is -0.290. The van der Waals surface area contributed by atoms with E-state index in [9.17, 15) is 9.59 Å². The molecular weight excluding hydrogens is 248 g/mol. The van der Waals surface area contributed by atoms with E-state index in [2.05, 4.69) is 5.32 Å². The van der Waals surface area contributed by atoms with Gasteiger partial charge in [0, 0.05) is 6.54 Å². The summed E-state index contributed by atoms with van der Waals surface area (Å²) < 4.78 is 5.13. The number of nitrogens with zero attached hydrogens (tertiary/aromatic N) is 1. The number of benzene rings is 1. The highest BCUT2D eigenvalue weighted by atomic mass is 16.6. The van der Waals surface area contributed by atoms with E-state index in [1.165, 1.54) is 4.90 Å². The van der Waals surface area contributed by atoms with Gasteiger partial charge < -0.3 is 15.2 Å². The van der Waals surface area contributed by atoms with E-state index < -0.39 is 12.1 Å². The number of rotatable bonds is 3. The lowest BCUT2D eigenvalue weighted by Crippen LogP contribution is -2.57. The number of carbonyl (C=O) groups is 2. The van der Waals surface area contributed by atoms with Crippen LogP contribution in [0.25, 0.3) is 0 Å². The zero-order valence-electron chi connectivity index (χ0n) is 10.4. The minimum atomic E-state index is -0.544. The van der Waals surface area contributed by atoms with Gasteiger partial charge in [0.25, 0.3) is 0 Å². The first-order valence-electron chi connectivity index (χ1n) is 6.05. The van der Waals surface area contributed by atoms with Crippen LogP contribution in [0.1, 0.15) is 5.56 Å². The molecule has 1 aromatic rings. The molecule has 1 atom stereocenters. The van der Waals surface area contributed by atoms with E-state index >= 15 is 0 Å². The first kappa shape index (κ1) is 13.4. The number of carbonyl (C=O) groups excluding carboxylic acids is 2. The maximum Gasteiger partial charge on any atom is 0.410 e. The lowest BCUT2D eigenvalue weighted by atomic mass is 10.2. The van der Waals surface area contributed by atoms with Crippen molar-refractivity contribution in [1.82, 2.24) is 10.2 Å². The third-order valence-electron chi connectivity index (χ3n) is 2.82. The van der Waals surface area contributed by atoms with Crippen molar-refractivity contribution in [3.8, 4) is 0 Å². The van der Waals surface area contributed by atoms with Crippen molar-refractivity contribution in [2.75, 3.05) is 19.7 Å². The fraction of sp³-hybridized carbons (Fsp3) is 0.385. The Balaban J connectivity index is 1.87. The van der Waals surface area contributed by atoms with Crippen molar-refractivity contribution in [2.24, 2.45) is 0 Å². The lowest BCUT2D eigenvalue weighted by molar-refractivity contribution is -0.125. The Labute approximate surface area is 111 Å². The van der Waals surface area contributed by atoms with Crippen LogP contribution >= 0.6 is 0 Å². The van der Waals surface area contributed by atoms with Gasteiger partial charge >= 0.3 is 6.09 Å². The summed E-state index contributed by atoms with van der Waals surface area (Å²) in [5.41, 5.74) is 0.885. The third kappa shape index (κ3) is 3.69. The molecule has 2 N–H and O–H groups in total. The Morgan fingerprint density at radius 3 is 2.84 bits per heavy atom. The van der Waals surface area contributed by atoms with Crippen LogP contribution in [0.4, 0.5) is 4.79 Å². The largest absolute Gasteiger partial charge is 0.445 e. The van der Waals surface area contributed by atoms with E-state index in [4.69, 9.17) is 9.84 Å². The lowest BCUT2D eigenvalue weighted by Gasteiger charge is -2.31. The summed E-state index contributed by atoms with van der Waals surface area (Å²) in [6, 6.07) is 8.88. The van der Waals surface area contributed by atoms with Crippen LogP contribution in [0.3, 0.4) is 0 Å². The number of amides is 2. The predicted octanol–water partition coefficient (Wildman–Crippen LogP) is 0.116. The smallest absolute Gasteiger partial charge is 0.410 e. The molecule has 0 bridgehead atoms. The summed E-state index contributed by atoms with van der Waals surface area (Å²) in [7, 11) is 0. The second-order valence-electron chi connectivity index (χ2n) is 4.37. The van der Waals surface area contributed by atoms with Crippen molar-refractivity contribution in [3.63, 3.8) is 0 Å². The summed E-state index contributed by atoms with van der Waals surface area (Å²) in [4.78, 5) is 24.5. The first-order valence-corrected chi connectivity index (χ1v) is 6.05. The SMILES string of the molecule is O=C1CN(C(=O)OCc2ccccc2)C[C@@H](CO)N1. The Morgan fingerprint density at radius 2 is 2.16 bits per heavy atom. The number of aliphatic hydroxyl groups is 1. The van der Waals surface area contributed by atoms with Gasteiger partial charge in [0.2, 0.25) is 5.91 Å². The zero-order chi connectivity index (χ0) is 13.7. The minimum Gasteiger partial charge on any atom is -0.445 e. The summed E-state index contributed by atoms with van der Waals surface area (Å²) in [6.45, 7) is 0.190. The molecule has 2 rings (SSSR count). The number of ether oxygens (including phenoxy) is 1. The molecule has 0 radical (unpaired) electrons. The molecule has 0 aromatic heterocycles. The van der Waals surface area contributed by atoms with Crippen LogP contribution in [0, 0.1) is 0 Å². The van der Waals surface area contributed by atoms with Crippen LogP contribution in [0.15, 0.2) is 30.3 Å². The van der Waals surface area contributed by atoms with E-state index in [-0.39, 0.29) is 32.2 Å². The van der Waals surface area contributed by atoms with Crippen LogP contribution in [-0.4, -0.2) is 47.7 Å². The van der Waals surface area contributed by atoms with Crippen molar-refractivity contribution in [3.05, 3.63) is 35.9 Å². The maximum atomic E-state index is 11.8. The molecule has 102 valence electrons. The van der Waals surface area contributed by atoms with Gasteiger partial charge in [-0.05, 0) is 5.56 Å². The molecule has 2 amide bonds. The molecule has 6 nitrogen and oxygen atoms in total.